The maximum Gasteiger partial charge on any atom is 0.341 e. The Morgan fingerprint density at radius 1 is 1.24 bits per heavy atom. The summed E-state index contributed by atoms with van der Waals surface area (Å²) >= 11 is 0. The van der Waals surface area contributed by atoms with Gasteiger partial charge >= 0.3 is 5.97 Å². The van der Waals surface area contributed by atoms with Crippen LogP contribution in [0.3, 0.4) is 0 Å². The highest BCUT2D eigenvalue weighted by atomic mass is 16.5. The molecule has 0 saturated carbocycles. The first-order chi connectivity index (χ1) is 11.9. The van der Waals surface area contributed by atoms with Gasteiger partial charge in [-0.15, -0.1) is 0 Å². The Hall–Kier alpha value is -2.24. The monoisotopic (exact) mass is 349 g/mol. The van der Waals surface area contributed by atoms with Crippen molar-refractivity contribution in [2.75, 3.05) is 14.2 Å². The van der Waals surface area contributed by atoms with Crippen LogP contribution in [0.4, 0.5) is 0 Å². The van der Waals surface area contributed by atoms with Crippen molar-refractivity contribution >= 4 is 11.9 Å². The van der Waals surface area contributed by atoms with Gasteiger partial charge in [-0.25, -0.2) is 9.79 Å². The van der Waals surface area contributed by atoms with Crippen LogP contribution in [0.1, 0.15) is 56.0 Å². The van der Waals surface area contributed by atoms with Crippen LogP contribution in [0.25, 0.3) is 0 Å². The number of methoxy groups -OCH3 is 2. The highest BCUT2D eigenvalue weighted by molar-refractivity contribution is 5.92. The van der Waals surface area contributed by atoms with E-state index in [1.54, 1.807) is 12.1 Å². The SMILES string of the molecule is COC(=O)c1cc(CN=C(N)NC(C)CCCC(C)C)ccc1OC. The van der Waals surface area contributed by atoms with Crippen molar-refractivity contribution in [2.24, 2.45) is 16.6 Å². The number of carbonyl (C=O) groups is 1. The first-order valence-electron chi connectivity index (χ1n) is 8.69. The number of guanidine groups is 1. The molecule has 140 valence electrons. The van der Waals surface area contributed by atoms with Crippen molar-refractivity contribution in [1.29, 1.82) is 0 Å². The van der Waals surface area contributed by atoms with E-state index in [1.807, 2.05) is 6.07 Å². The molecule has 0 spiro atoms. The fourth-order valence-corrected chi connectivity index (χ4v) is 2.50. The lowest BCUT2D eigenvalue weighted by Crippen LogP contribution is -2.38. The number of hydrogen-bond acceptors (Lipinski definition) is 4. The molecule has 0 heterocycles. The summed E-state index contributed by atoms with van der Waals surface area (Å²) in [5.41, 5.74) is 7.20. The number of aliphatic imine (C=N–C) groups is 1. The number of ether oxygens (including phenoxy) is 2. The minimum Gasteiger partial charge on any atom is -0.496 e. The molecule has 1 rings (SSSR count). The van der Waals surface area contributed by atoms with E-state index in [-0.39, 0.29) is 6.04 Å². The third kappa shape index (κ3) is 7.45. The molecule has 6 heteroatoms. The molecule has 1 atom stereocenters. The molecule has 0 bridgehead atoms. The molecule has 0 aliphatic rings. The first-order valence-corrected chi connectivity index (χ1v) is 8.69. The Morgan fingerprint density at radius 2 is 1.96 bits per heavy atom. The fraction of sp³-hybridized carbons (Fsp3) is 0.579. The number of hydrogen-bond donors (Lipinski definition) is 2. The van der Waals surface area contributed by atoms with Crippen LogP contribution < -0.4 is 15.8 Å². The normalized spacial score (nSPS) is 12.8. The van der Waals surface area contributed by atoms with Crippen LogP contribution in [0, 0.1) is 5.92 Å². The standard InChI is InChI=1S/C19H31N3O3/c1-13(2)7-6-8-14(3)22-19(20)21-12-15-9-10-17(24-4)16(11-15)18(23)25-5/h9-11,13-14H,6-8,12H2,1-5H3,(H3,20,21,22). The van der Waals surface area contributed by atoms with Crippen LogP contribution in [0.15, 0.2) is 23.2 Å². The van der Waals surface area contributed by atoms with Gasteiger partial charge in [0.15, 0.2) is 5.96 Å². The summed E-state index contributed by atoms with van der Waals surface area (Å²) in [4.78, 5) is 16.2. The van der Waals surface area contributed by atoms with Crippen molar-refractivity contribution in [2.45, 2.75) is 52.6 Å². The van der Waals surface area contributed by atoms with Crippen LogP contribution >= 0.6 is 0 Å². The molecule has 1 aromatic carbocycles. The van der Waals surface area contributed by atoms with Gasteiger partial charge < -0.3 is 20.5 Å². The van der Waals surface area contributed by atoms with E-state index >= 15 is 0 Å². The fourth-order valence-electron chi connectivity index (χ4n) is 2.50. The van der Waals surface area contributed by atoms with Crippen molar-refractivity contribution in [1.82, 2.24) is 5.32 Å². The lowest BCUT2D eigenvalue weighted by Gasteiger charge is -2.15. The molecule has 1 unspecified atom stereocenters. The maximum absolute atomic E-state index is 11.8. The molecular formula is C19H31N3O3. The van der Waals surface area contributed by atoms with E-state index < -0.39 is 5.97 Å². The molecule has 0 amide bonds. The van der Waals surface area contributed by atoms with E-state index in [9.17, 15) is 4.79 Å². The highest BCUT2D eigenvalue weighted by Gasteiger charge is 2.13. The molecule has 6 nitrogen and oxygen atoms in total. The average molecular weight is 349 g/mol. The van der Waals surface area contributed by atoms with Gasteiger partial charge in [0.25, 0.3) is 0 Å². The molecule has 0 saturated heterocycles. The Labute approximate surface area is 150 Å². The van der Waals surface area contributed by atoms with Gasteiger partial charge in [-0.3, -0.25) is 0 Å². The second-order valence-corrected chi connectivity index (χ2v) is 6.60. The summed E-state index contributed by atoms with van der Waals surface area (Å²) in [6.45, 7) is 6.94. The lowest BCUT2D eigenvalue weighted by molar-refractivity contribution is 0.0597. The summed E-state index contributed by atoms with van der Waals surface area (Å²) in [7, 11) is 2.86. The number of nitrogens with zero attached hydrogens (tertiary/aromatic N) is 1. The van der Waals surface area contributed by atoms with Crippen molar-refractivity contribution < 1.29 is 14.3 Å². The zero-order valence-corrected chi connectivity index (χ0v) is 16.0. The van der Waals surface area contributed by atoms with Gasteiger partial charge in [0.2, 0.25) is 0 Å². The number of nitrogens with two attached hydrogens (primary N) is 1. The number of benzene rings is 1. The third-order valence-corrected chi connectivity index (χ3v) is 3.91. The average Bonchev–Trinajstić information content (AvgIpc) is 2.58. The van der Waals surface area contributed by atoms with E-state index in [4.69, 9.17) is 15.2 Å². The van der Waals surface area contributed by atoms with Gasteiger partial charge in [0.05, 0.1) is 20.8 Å². The van der Waals surface area contributed by atoms with E-state index in [0.29, 0.717) is 23.8 Å². The molecule has 0 radical (unpaired) electrons. The van der Waals surface area contributed by atoms with E-state index in [1.165, 1.54) is 27.1 Å². The second-order valence-electron chi connectivity index (χ2n) is 6.60. The Kier molecular flexibility index (Phi) is 8.81. The molecular weight excluding hydrogens is 318 g/mol. The molecule has 0 aromatic heterocycles. The van der Waals surface area contributed by atoms with Gasteiger partial charge in [0.1, 0.15) is 11.3 Å². The summed E-state index contributed by atoms with van der Waals surface area (Å²) in [5, 5.41) is 3.21. The van der Waals surface area contributed by atoms with Crippen molar-refractivity contribution in [3.63, 3.8) is 0 Å². The number of esters is 1. The predicted molar refractivity (Wildman–Crippen MR) is 101 cm³/mol. The zero-order valence-electron chi connectivity index (χ0n) is 16.0. The first kappa shape index (κ1) is 20.8. The molecule has 0 aliphatic heterocycles. The van der Waals surface area contributed by atoms with Crippen LogP contribution in [-0.4, -0.2) is 32.2 Å². The van der Waals surface area contributed by atoms with Crippen LogP contribution in [0.2, 0.25) is 0 Å². The summed E-state index contributed by atoms with van der Waals surface area (Å²) in [5.74, 6) is 1.17. The Balaban J connectivity index is 2.63. The predicted octanol–water partition coefficient (Wildman–Crippen LogP) is 3.10. The number of nitrogens with one attached hydrogen (secondary N) is 1. The largest absolute Gasteiger partial charge is 0.496 e. The molecule has 25 heavy (non-hydrogen) atoms. The van der Waals surface area contributed by atoms with Gasteiger partial charge in [0, 0.05) is 6.04 Å². The minimum absolute atomic E-state index is 0.281. The lowest BCUT2D eigenvalue weighted by atomic mass is 10.0. The van der Waals surface area contributed by atoms with E-state index in [2.05, 4.69) is 31.1 Å². The van der Waals surface area contributed by atoms with Gasteiger partial charge in [-0.1, -0.05) is 32.8 Å². The Bertz CT molecular complexity index is 585. The molecule has 0 fully saturated rings. The molecule has 0 aliphatic carbocycles. The van der Waals surface area contributed by atoms with E-state index in [0.717, 1.165) is 17.9 Å². The van der Waals surface area contributed by atoms with Crippen molar-refractivity contribution in [3.05, 3.63) is 29.3 Å². The van der Waals surface area contributed by atoms with Crippen molar-refractivity contribution in [3.8, 4) is 5.75 Å². The highest BCUT2D eigenvalue weighted by Crippen LogP contribution is 2.21. The van der Waals surface area contributed by atoms with Crippen LogP contribution in [-0.2, 0) is 11.3 Å². The quantitative estimate of drug-likeness (QED) is 0.406. The maximum atomic E-state index is 11.8. The molecule has 1 aromatic rings. The smallest absolute Gasteiger partial charge is 0.341 e. The summed E-state index contributed by atoms with van der Waals surface area (Å²) in [6.07, 6.45) is 3.44. The van der Waals surface area contributed by atoms with Crippen LogP contribution in [0.5, 0.6) is 5.75 Å². The summed E-state index contributed by atoms with van der Waals surface area (Å²) in [6, 6.07) is 5.58. The number of rotatable bonds is 9. The minimum atomic E-state index is -0.437. The number of carbonyl (C=O) groups excluding carboxylic acids is 1. The Morgan fingerprint density at radius 3 is 2.56 bits per heavy atom. The third-order valence-electron chi connectivity index (χ3n) is 3.91. The van der Waals surface area contributed by atoms with Gasteiger partial charge in [-0.05, 0) is 37.0 Å². The van der Waals surface area contributed by atoms with Gasteiger partial charge in [-0.2, -0.15) is 0 Å². The summed E-state index contributed by atoms with van der Waals surface area (Å²) < 4.78 is 9.96. The zero-order chi connectivity index (χ0) is 18.8. The second kappa shape index (κ2) is 10.6. The molecule has 3 N–H and O–H groups in total. The topological polar surface area (TPSA) is 85.9 Å².